The summed E-state index contributed by atoms with van der Waals surface area (Å²) in [5, 5.41) is 2.55. The smallest absolute Gasteiger partial charge is 0.0541 e. The number of rotatable bonds is 13. The molecule has 0 bridgehead atoms. The maximum atomic E-state index is 2.56. The maximum Gasteiger partial charge on any atom is 0.0541 e. The number of aromatic nitrogens is 1. The summed E-state index contributed by atoms with van der Waals surface area (Å²) >= 11 is 0. The Kier molecular flexibility index (Phi) is 12.2. The summed E-state index contributed by atoms with van der Waals surface area (Å²) in [6.45, 7) is 5.14. The van der Waals surface area contributed by atoms with Crippen molar-refractivity contribution in [2.45, 2.75) is 58.8 Å². The molecule has 1 atom stereocenters. The number of benzene rings is 5. The van der Waals surface area contributed by atoms with Crippen LogP contribution in [-0.2, 0) is 0 Å². The number of nitrogens with zero attached hydrogens (tertiary/aromatic N) is 2. The molecule has 0 fully saturated rings. The molecule has 0 saturated heterocycles. The molecule has 61 heavy (non-hydrogen) atoms. The summed E-state index contributed by atoms with van der Waals surface area (Å²) in [6.07, 6.45) is 37.4. The lowest BCUT2D eigenvalue weighted by atomic mass is 9.83. The van der Waals surface area contributed by atoms with Crippen molar-refractivity contribution in [1.82, 2.24) is 4.57 Å². The normalized spacial score (nSPS) is 16.3. The summed E-state index contributed by atoms with van der Waals surface area (Å²) in [5.41, 5.74) is 16.9. The predicted octanol–water partition coefficient (Wildman–Crippen LogP) is 16.3. The fourth-order valence-corrected chi connectivity index (χ4v) is 9.36. The highest BCUT2D eigenvalue weighted by Gasteiger charge is 2.23. The van der Waals surface area contributed by atoms with Gasteiger partial charge >= 0.3 is 0 Å². The van der Waals surface area contributed by atoms with Crippen LogP contribution in [0.25, 0.3) is 44.2 Å². The minimum atomic E-state index is 0.348. The Hall–Kier alpha value is -6.64. The third-order valence-corrected chi connectivity index (χ3v) is 12.7. The SMILES string of the molecule is C/C=C\C=C(/C)c1ccc(N(CC(C/C=C/C2=CC=CCC2)C2=CC=C(C3=CC=CCC3)CC2)c2ccc(-c3ccccc3-n3c4ccccc4c4ccccc43)cc2)cc1. The van der Waals surface area contributed by atoms with Crippen molar-refractivity contribution < 1.29 is 0 Å². The highest BCUT2D eigenvalue weighted by Crippen LogP contribution is 2.39. The molecule has 2 heteroatoms. The maximum absolute atomic E-state index is 2.56. The second kappa shape index (κ2) is 18.7. The van der Waals surface area contributed by atoms with E-state index < -0.39 is 0 Å². The Balaban J connectivity index is 1.09. The Bertz CT molecular complexity index is 2750. The standard InChI is InChI=1S/C59H56N2/c1-3-4-18-44(2)46-35-39-52(40-36-46)60(43-51(24-17-21-45-19-7-5-8-20-45)49-33-31-48(32-34-49)47-22-9-6-10-23-47)53-41-37-50(38-42-53)54-25-11-14-28-57(54)61-58-29-15-12-26-55(58)56-27-13-16-30-59(56)61/h3-7,9,11-19,21-22,25-31,33,35-42,51H,8,10,20,23-24,32,34,43H2,1-2H3/b4-3-,21-17+,44-18+. The molecule has 6 aromatic rings. The molecule has 0 spiro atoms. The van der Waals surface area contributed by atoms with Crippen molar-refractivity contribution in [1.29, 1.82) is 0 Å². The first-order valence-corrected chi connectivity index (χ1v) is 22.3. The molecule has 0 N–H and O–H groups in total. The molecular weight excluding hydrogens is 737 g/mol. The lowest BCUT2D eigenvalue weighted by Crippen LogP contribution is -2.26. The van der Waals surface area contributed by atoms with Gasteiger partial charge in [-0.3, -0.25) is 0 Å². The Morgan fingerprint density at radius 3 is 1.97 bits per heavy atom. The average Bonchev–Trinajstić information content (AvgIpc) is 3.67. The zero-order valence-electron chi connectivity index (χ0n) is 35.7. The molecular formula is C59H56N2. The third-order valence-electron chi connectivity index (χ3n) is 12.7. The van der Waals surface area contributed by atoms with Gasteiger partial charge in [0.25, 0.3) is 0 Å². The lowest BCUT2D eigenvalue weighted by Gasteiger charge is -2.32. The number of para-hydroxylation sites is 3. The van der Waals surface area contributed by atoms with E-state index in [9.17, 15) is 0 Å². The highest BCUT2D eigenvalue weighted by molar-refractivity contribution is 6.09. The van der Waals surface area contributed by atoms with Gasteiger partial charge in [-0.1, -0.05) is 163 Å². The van der Waals surface area contributed by atoms with Gasteiger partial charge < -0.3 is 9.47 Å². The van der Waals surface area contributed by atoms with E-state index in [4.69, 9.17) is 0 Å². The van der Waals surface area contributed by atoms with Crippen LogP contribution in [0.5, 0.6) is 0 Å². The summed E-state index contributed by atoms with van der Waals surface area (Å²) in [4.78, 5) is 2.56. The van der Waals surface area contributed by atoms with Crippen molar-refractivity contribution >= 4 is 38.8 Å². The number of hydrogen-bond donors (Lipinski definition) is 0. The van der Waals surface area contributed by atoms with Gasteiger partial charge in [-0.25, -0.2) is 0 Å². The molecule has 5 aromatic carbocycles. The van der Waals surface area contributed by atoms with Gasteiger partial charge in [0.2, 0.25) is 0 Å². The Labute approximate surface area is 363 Å². The van der Waals surface area contributed by atoms with E-state index in [0.29, 0.717) is 5.92 Å². The van der Waals surface area contributed by atoms with Crippen LogP contribution in [0.1, 0.15) is 64.4 Å². The number of allylic oxidation sites excluding steroid dienone is 17. The summed E-state index contributed by atoms with van der Waals surface area (Å²) in [5.74, 6) is 0.348. The molecule has 1 unspecified atom stereocenters. The minimum Gasteiger partial charge on any atom is -0.341 e. The van der Waals surface area contributed by atoms with E-state index in [1.807, 2.05) is 0 Å². The van der Waals surface area contributed by atoms with Gasteiger partial charge in [0.1, 0.15) is 0 Å². The topological polar surface area (TPSA) is 8.17 Å². The Morgan fingerprint density at radius 2 is 1.31 bits per heavy atom. The fourth-order valence-electron chi connectivity index (χ4n) is 9.36. The van der Waals surface area contributed by atoms with Crippen molar-refractivity contribution in [3.8, 4) is 16.8 Å². The Morgan fingerprint density at radius 1 is 0.656 bits per heavy atom. The molecule has 0 aliphatic heterocycles. The molecule has 1 heterocycles. The fraction of sp³-hybridized carbons (Fsp3) is 0.186. The van der Waals surface area contributed by atoms with E-state index in [-0.39, 0.29) is 0 Å². The van der Waals surface area contributed by atoms with Gasteiger partial charge in [-0.2, -0.15) is 0 Å². The first-order chi connectivity index (χ1) is 30.1. The second-order valence-electron chi connectivity index (χ2n) is 16.6. The largest absolute Gasteiger partial charge is 0.341 e. The van der Waals surface area contributed by atoms with Crippen molar-refractivity contribution in [3.63, 3.8) is 0 Å². The van der Waals surface area contributed by atoms with Crippen LogP contribution in [-0.4, -0.2) is 11.1 Å². The molecule has 2 nitrogen and oxygen atoms in total. The molecule has 3 aliphatic rings. The quantitative estimate of drug-likeness (QED) is 0.106. The van der Waals surface area contributed by atoms with Crippen molar-refractivity contribution in [2.75, 3.05) is 11.4 Å². The van der Waals surface area contributed by atoms with Crippen LogP contribution in [0.3, 0.4) is 0 Å². The van der Waals surface area contributed by atoms with Crippen LogP contribution in [0.15, 0.2) is 223 Å². The second-order valence-corrected chi connectivity index (χ2v) is 16.6. The zero-order chi connectivity index (χ0) is 41.4. The van der Waals surface area contributed by atoms with E-state index in [0.717, 1.165) is 51.5 Å². The van der Waals surface area contributed by atoms with Gasteiger partial charge in [0.15, 0.2) is 0 Å². The first-order valence-electron chi connectivity index (χ1n) is 22.3. The first kappa shape index (κ1) is 39.8. The third kappa shape index (κ3) is 8.82. The van der Waals surface area contributed by atoms with Crippen molar-refractivity contribution in [2.24, 2.45) is 5.92 Å². The van der Waals surface area contributed by atoms with Crippen LogP contribution >= 0.6 is 0 Å². The molecule has 9 rings (SSSR count). The molecule has 3 aliphatic carbocycles. The van der Waals surface area contributed by atoms with E-state index in [1.165, 1.54) is 77.9 Å². The van der Waals surface area contributed by atoms with E-state index >= 15 is 0 Å². The van der Waals surface area contributed by atoms with Gasteiger partial charge in [0, 0.05) is 40.2 Å². The minimum absolute atomic E-state index is 0.348. The van der Waals surface area contributed by atoms with E-state index in [2.05, 4.69) is 224 Å². The summed E-state index contributed by atoms with van der Waals surface area (Å²) in [6, 6.07) is 44.9. The monoisotopic (exact) mass is 792 g/mol. The number of hydrogen-bond acceptors (Lipinski definition) is 1. The van der Waals surface area contributed by atoms with Crippen LogP contribution in [0.2, 0.25) is 0 Å². The zero-order valence-corrected chi connectivity index (χ0v) is 35.7. The van der Waals surface area contributed by atoms with Crippen LogP contribution in [0, 0.1) is 5.92 Å². The molecule has 1 aromatic heterocycles. The average molecular weight is 793 g/mol. The highest BCUT2D eigenvalue weighted by atomic mass is 15.1. The van der Waals surface area contributed by atoms with Gasteiger partial charge in [0.05, 0.1) is 16.7 Å². The van der Waals surface area contributed by atoms with Gasteiger partial charge in [-0.05, 0) is 135 Å². The summed E-state index contributed by atoms with van der Waals surface area (Å²) in [7, 11) is 0. The molecule has 0 saturated carbocycles. The molecule has 0 amide bonds. The van der Waals surface area contributed by atoms with Crippen molar-refractivity contribution in [3.05, 3.63) is 228 Å². The van der Waals surface area contributed by atoms with Gasteiger partial charge in [-0.15, -0.1) is 0 Å². The number of anilines is 2. The molecule has 0 radical (unpaired) electrons. The lowest BCUT2D eigenvalue weighted by molar-refractivity contribution is 0.593. The van der Waals surface area contributed by atoms with Crippen LogP contribution in [0.4, 0.5) is 11.4 Å². The predicted molar refractivity (Wildman–Crippen MR) is 264 cm³/mol. The van der Waals surface area contributed by atoms with Crippen LogP contribution < -0.4 is 4.90 Å². The number of fused-ring (bicyclic) bond motifs is 3. The molecule has 302 valence electrons. The van der Waals surface area contributed by atoms with E-state index in [1.54, 1.807) is 5.57 Å². The summed E-state index contributed by atoms with van der Waals surface area (Å²) < 4.78 is 2.44.